The van der Waals surface area contributed by atoms with Crippen LogP contribution in [0.25, 0.3) is 0 Å². The predicted octanol–water partition coefficient (Wildman–Crippen LogP) is 1.61. The number of nitrogens with zero attached hydrogens (tertiary/aromatic N) is 1. The van der Waals surface area contributed by atoms with E-state index in [2.05, 4.69) is 0 Å². The SMILES string of the molecule is O=C(CC(CCc1ccccc1)C(=O)O)CN1CCOCC1. The Hall–Kier alpha value is -1.72. The van der Waals surface area contributed by atoms with Crippen LogP contribution in [0.5, 0.6) is 0 Å². The summed E-state index contributed by atoms with van der Waals surface area (Å²) in [6.45, 7) is 3.10. The number of aliphatic carboxylic acids is 1. The number of hydrogen-bond acceptors (Lipinski definition) is 4. The summed E-state index contributed by atoms with van der Waals surface area (Å²) in [5, 5.41) is 9.32. The molecule has 5 heteroatoms. The molecular weight excluding hydrogens is 282 g/mol. The van der Waals surface area contributed by atoms with Crippen molar-refractivity contribution in [2.75, 3.05) is 32.8 Å². The first-order chi connectivity index (χ1) is 10.6. The standard InChI is InChI=1S/C17H23NO4/c19-16(13-18-8-10-22-11-9-18)12-15(17(20)21)7-6-14-4-2-1-3-5-14/h1-5,15H,6-13H2,(H,20,21). The Morgan fingerprint density at radius 2 is 1.86 bits per heavy atom. The molecule has 0 bridgehead atoms. The summed E-state index contributed by atoms with van der Waals surface area (Å²) in [5.41, 5.74) is 1.11. The lowest BCUT2D eigenvalue weighted by Gasteiger charge is -2.26. The zero-order valence-corrected chi connectivity index (χ0v) is 12.7. The zero-order chi connectivity index (χ0) is 15.8. The van der Waals surface area contributed by atoms with Crippen LogP contribution in [0.1, 0.15) is 18.4 Å². The summed E-state index contributed by atoms with van der Waals surface area (Å²) in [5.74, 6) is -1.48. The number of morpholine rings is 1. The van der Waals surface area contributed by atoms with Gasteiger partial charge in [-0.15, -0.1) is 0 Å². The van der Waals surface area contributed by atoms with Gasteiger partial charge in [-0.1, -0.05) is 30.3 Å². The van der Waals surface area contributed by atoms with Gasteiger partial charge >= 0.3 is 5.97 Å². The van der Waals surface area contributed by atoms with Crippen LogP contribution < -0.4 is 0 Å². The molecule has 1 N–H and O–H groups in total. The van der Waals surface area contributed by atoms with E-state index in [0.717, 1.165) is 18.7 Å². The predicted molar refractivity (Wildman–Crippen MR) is 82.8 cm³/mol. The third kappa shape index (κ3) is 5.58. The molecule has 1 saturated heterocycles. The molecule has 2 rings (SSSR count). The molecule has 0 aliphatic carbocycles. The first-order valence-corrected chi connectivity index (χ1v) is 7.73. The third-order valence-corrected chi connectivity index (χ3v) is 3.95. The van der Waals surface area contributed by atoms with Gasteiger partial charge in [0.1, 0.15) is 5.78 Å². The third-order valence-electron chi connectivity index (χ3n) is 3.95. The molecule has 1 unspecified atom stereocenters. The first-order valence-electron chi connectivity index (χ1n) is 7.73. The number of ketones is 1. The van der Waals surface area contributed by atoms with Crippen molar-refractivity contribution < 1.29 is 19.4 Å². The number of hydrogen-bond donors (Lipinski definition) is 1. The molecule has 1 aliphatic rings. The minimum Gasteiger partial charge on any atom is -0.481 e. The lowest BCUT2D eigenvalue weighted by atomic mass is 9.94. The summed E-state index contributed by atoms with van der Waals surface area (Å²) in [6, 6.07) is 9.77. The Morgan fingerprint density at radius 3 is 2.50 bits per heavy atom. The van der Waals surface area contributed by atoms with Gasteiger partial charge in [-0.05, 0) is 18.4 Å². The molecule has 1 fully saturated rings. The van der Waals surface area contributed by atoms with E-state index in [0.29, 0.717) is 32.6 Å². The lowest BCUT2D eigenvalue weighted by molar-refractivity contribution is -0.144. The van der Waals surface area contributed by atoms with Crippen molar-refractivity contribution in [3.05, 3.63) is 35.9 Å². The molecule has 1 heterocycles. The largest absolute Gasteiger partial charge is 0.481 e. The number of rotatable bonds is 8. The second-order valence-electron chi connectivity index (χ2n) is 5.69. The smallest absolute Gasteiger partial charge is 0.306 e. The van der Waals surface area contributed by atoms with Gasteiger partial charge in [0.15, 0.2) is 0 Å². The van der Waals surface area contributed by atoms with Crippen LogP contribution in [0, 0.1) is 5.92 Å². The Labute approximate surface area is 130 Å². The highest BCUT2D eigenvalue weighted by molar-refractivity contribution is 5.85. The maximum atomic E-state index is 12.1. The number of carboxylic acid groups (broad SMARTS) is 1. The van der Waals surface area contributed by atoms with E-state index in [1.807, 2.05) is 35.2 Å². The van der Waals surface area contributed by atoms with E-state index in [4.69, 9.17) is 4.74 Å². The molecule has 120 valence electrons. The molecule has 0 spiro atoms. The molecule has 22 heavy (non-hydrogen) atoms. The second-order valence-corrected chi connectivity index (χ2v) is 5.69. The van der Waals surface area contributed by atoms with Crippen LogP contribution in [0.15, 0.2) is 30.3 Å². The Bertz CT molecular complexity index is 483. The molecule has 0 aromatic heterocycles. The fraction of sp³-hybridized carbons (Fsp3) is 0.529. The highest BCUT2D eigenvalue weighted by Gasteiger charge is 2.23. The summed E-state index contributed by atoms with van der Waals surface area (Å²) >= 11 is 0. The molecule has 0 saturated carbocycles. The number of Topliss-reactive ketones (excluding diaryl/α,β-unsaturated/α-hetero) is 1. The highest BCUT2D eigenvalue weighted by atomic mass is 16.5. The normalized spacial score (nSPS) is 17.1. The fourth-order valence-electron chi connectivity index (χ4n) is 2.65. The van der Waals surface area contributed by atoms with Crippen LogP contribution in [0.3, 0.4) is 0 Å². The van der Waals surface area contributed by atoms with Crippen molar-refractivity contribution >= 4 is 11.8 Å². The monoisotopic (exact) mass is 305 g/mol. The van der Waals surface area contributed by atoms with Gasteiger partial charge in [-0.25, -0.2) is 0 Å². The van der Waals surface area contributed by atoms with E-state index in [-0.39, 0.29) is 12.2 Å². The second kappa shape index (κ2) is 8.66. The van der Waals surface area contributed by atoms with Gasteiger partial charge in [0.2, 0.25) is 0 Å². The average molecular weight is 305 g/mol. The van der Waals surface area contributed by atoms with Gasteiger partial charge in [0.25, 0.3) is 0 Å². The van der Waals surface area contributed by atoms with E-state index in [1.54, 1.807) is 0 Å². The lowest BCUT2D eigenvalue weighted by Crippen LogP contribution is -2.40. The van der Waals surface area contributed by atoms with E-state index in [1.165, 1.54) is 0 Å². The first kappa shape index (κ1) is 16.6. The Morgan fingerprint density at radius 1 is 1.18 bits per heavy atom. The van der Waals surface area contributed by atoms with Crippen LogP contribution >= 0.6 is 0 Å². The van der Waals surface area contributed by atoms with Crippen molar-refractivity contribution in [1.82, 2.24) is 4.90 Å². The number of aryl methyl sites for hydroxylation is 1. The number of carboxylic acids is 1. The van der Waals surface area contributed by atoms with E-state index < -0.39 is 11.9 Å². The van der Waals surface area contributed by atoms with Gasteiger partial charge < -0.3 is 9.84 Å². The minimum atomic E-state index is -0.883. The number of ether oxygens (including phenoxy) is 1. The van der Waals surface area contributed by atoms with Crippen LogP contribution in [0.4, 0.5) is 0 Å². The number of carbonyl (C=O) groups excluding carboxylic acids is 1. The molecule has 1 atom stereocenters. The highest BCUT2D eigenvalue weighted by Crippen LogP contribution is 2.15. The summed E-state index contributed by atoms with van der Waals surface area (Å²) in [4.78, 5) is 25.5. The summed E-state index contributed by atoms with van der Waals surface area (Å²) < 4.78 is 5.24. The molecule has 0 radical (unpaired) electrons. The molecule has 5 nitrogen and oxygen atoms in total. The quantitative estimate of drug-likeness (QED) is 0.790. The molecule has 0 amide bonds. The van der Waals surface area contributed by atoms with Crippen molar-refractivity contribution in [1.29, 1.82) is 0 Å². The van der Waals surface area contributed by atoms with Gasteiger partial charge in [-0.3, -0.25) is 14.5 Å². The molecule has 1 aromatic rings. The van der Waals surface area contributed by atoms with Crippen LogP contribution in [0.2, 0.25) is 0 Å². The van der Waals surface area contributed by atoms with Gasteiger partial charge in [-0.2, -0.15) is 0 Å². The fourth-order valence-corrected chi connectivity index (χ4v) is 2.65. The van der Waals surface area contributed by atoms with Gasteiger partial charge in [0.05, 0.1) is 25.7 Å². The minimum absolute atomic E-state index is 0.00219. The Balaban J connectivity index is 1.80. The maximum absolute atomic E-state index is 12.1. The van der Waals surface area contributed by atoms with Crippen LogP contribution in [-0.4, -0.2) is 54.6 Å². The van der Waals surface area contributed by atoms with Crippen molar-refractivity contribution in [2.45, 2.75) is 19.3 Å². The van der Waals surface area contributed by atoms with Crippen molar-refractivity contribution in [3.63, 3.8) is 0 Å². The average Bonchev–Trinajstić information content (AvgIpc) is 2.53. The van der Waals surface area contributed by atoms with Crippen molar-refractivity contribution in [2.24, 2.45) is 5.92 Å². The van der Waals surface area contributed by atoms with Crippen LogP contribution in [-0.2, 0) is 20.7 Å². The van der Waals surface area contributed by atoms with E-state index in [9.17, 15) is 14.7 Å². The molecular formula is C17H23NO4. The summed E-state index contributed by atoms with van der Waals surface area (Å²) in [6.07, 6.45) is 1.29. The van der Waals surface area contributed by atoms with E-state index >= 15 is 0 Å². The number of carbonyl (C=O) groups is 2. The number of benzene rings is 1. The van der Waals surface area contributed by atoms with Crippen molar-refractivity contribution in [3.8, 4) is 0 Å². The Kier molecular flexibility index (Phi) is 6.55. The topological polar surface area (TPSA) is 66.8 Å². The molecule has 1 aromatic carbocycles. The zero-order valence-electron chi connectivity index (χ0n) is 12.7. The summed E-state index contributed by atoms with van der Waals surface area (Å²) in [7, 11) is 0. The molecule has 1 aliphatic heterocycles. The van der Waals surface area contributed by atoms with Gasteiger partial charge in [0, 0.05) is 19.5 Å². The maximum Gasteiger partial charge on any atom is 0.306 e.